The molecule has 104 valence electrons. The summed E-state index contributed by atoms with van der Waals surface area (Å²) in [6.45, 7) is -0.400. The number of hydrogen-bond donors (Lipinski definition) is 5. The van der Waals surface area contributed by atoms with Crippen LogP contribution in [0.25, 0.3) is 10.4 Å². The Morgan fingerprint density at radius 1 is 1.28 bits per heavy atom. The van der Waals surface area contributed by atoms with Crippen LogP contribution in [0.4, 0.5) is 0 Å². The molecule has 1 rings (SSSR count). The molecule has 1 heterocycles. The van der Waals surface area contributed by atoms with Gasteiger partial charge in [-0.25, -0.2) is 4.57 Å². The zero-order chi connectivity index (χ0) is 13.9. The number of aliphatic hydroxyl groups excluding tert-OH is 3. The Bertz CT molecular complexity index is 381. The van der Waals surface area contributed by atoms with Crippen molar-refractivity contribution in [3.05, 3.63) is 10.4 Å². The average Bonchev–Trinajstić information content (AvgIpc) is 2.27. The summed E-state index contributed by atoms with van der Waals surface area (Å²) in [6.07, 6.45) is -8.29. The Hall–Kier alpha value is -0.740. The normalized spacial score (nSPS) is 37.1. The molecule has 1 aliphatic heterocycles. The summed E-state index contributed by atoms with van der Waals surface area (Å²) in [5.74, 6) is 0. The van der Waals surface area contributed by atoms with Gasteiger partial charge >= 0.3 is 7.82 Å². The first-order valence-corrected chi connectivity index (χ1v) is 6.23. The van der Waals surface area contributed by atoms with Crippen molar-refractivity contribution < 1.29 is 38.9 Å². The lowest BCUT2D eigenvalue weighted by Crippen LogP contribution is -2.58. The summed E-state index contributed by atoms with van der Waals surface area (Å²) in [5, 5.41) is 31.4. The van der Waals surface area contributed by atoms with Crippen LogP contribution in [0.1, 0.15) is 0 Å². The topological polar surface area (TPSA) is 185 Å². The minimum Gasteiger partial charge on any atom is -0.388 e. The fourth-order valence-electron chi connectivity index (χ4n) is 1.41. The highest BCUT2D eigenvalue weighted by Crippen LogP contribution is 2.40. The van der Waals surface area contributed by atoms with Crippen LogP contribution in [0.2, 0.25) is 0 Å². The molecule has 0 saturated carbocycles. The van der Waals surface area contributed by atoms with E-state index in [0.29, 0.717) is 0 Å². The molecule has 0 aliphatic carbocycles. The maximum Gasteiger partial charge on any atom is 0.472 e. The molecule has 1 fully saturated rings. The highest BCUT2D eigenvalue weighted by molar-refractivity contribution is 7.46. The Kier molecular flexibility index (Phi) is 5.05. The Balaban J connectivity index is 2.80. The molecule has 0 amide bonds. The van der Waals surface area contributed by atoms with Crippen LogP contribution in [0.5, 0.6) is 0 Å². The van der Waals surface area contributed by atoms with Crippen molar-refractivity contribution in [3.63, 3.8) is 0 Å². The van der Waals surface area contributed by atoms with Crippen molar-refractivity contribution >= 4 is 7.82 Å². The monoisotopic (exact) mass is 285 g/mol. The highest BCUT2D eigenvalue weighted by atomic mass is 31.2. The summed E-state index contributed by atoms with van der Waals surface area (Å²) >= 11 is 0. The van der Waals surface area contributed by atoms with Crippen LogP contribution < -0.4 is 0 Å². The average molecular weight is 285 g/mol. The lowest BCUT2D eigenvalue weighted by molar-refractivity contribution is -0.273. The van der Waals surface area contributed by atoms with Gasteiger partial charge in [0.05, 0.1) is 12.6 Å². The zero-order valence-electron chi connectivity index (χ0n) is 8.84. The number of phosphoric acid groups is 1. The smallest absolute Gasteiger partial charge is 0.388 e. The summed E-state index contributed by atoms with van der Waals surface area (Å²) < 4.78 is 19.5. The molecule has 12 heteroatoms. The third-order valence-corrected chi connectivity index (χ3v) is 2.72. The van der Waals surface area contributed by atoms with E-state index < -0.39 is 45.1 Å². The van der Waals surface area contributed by atoms with E-state index in [1.807, 2.05) is 0 Å². The van der Waals surface area contributed by atoms with Gasteiger partial charge in [0, 0.05) is 4.91 Å². The maximum atomic E-state index is 10.6. The molecule has 2 unspecified atom stereocenters. The van der Waals surface area contributed by atoms with Crippen LogP contribution >= 0.6 is 7.82 Å². The molecule has 1 saturated heterocycles. The largest absolute Gasteiger partial charge is 0.472 e. The number of nitrogens with zero attached hydrogens (tertiary/aromatic N) is 3. The van der Waals surface area contributed by atoms with E-state index in [9.17, 15) is 19.9 Å². The molecule has 0 aromatic heterocycles. The summed E-state index contributed by atoms with van der Waals surface area (Å²) in [4.78, 5) is 19.6. The van der Waals surface area contributed by atoms with Crippen LogP contribution in [0.15, 0.2) is 5.11 Å². The van der Waals surface area contributed by atoms with Gasteiger partial charge in [-0.3, -0.25) is 4.52 Å². The quantitative estimate of drug-likeness (QED) is 0.173. The van der Waals surface area contributed by atoms with Gasteiger partial charge in [0.25, 0.3) is 0 Å². The number of phosphoric ester groups is 1. The maximum absolute atomic E-state index is 10.6. The minimum absolute atomic E-state index is 0.400. The molecule has 11 nitrogen and oxygen atoms in total. The van der Waals surface area contributed by atoms with E-state index in [1.54, 1.807) is 0 Å². The molecular formula is C6H12N3O8P. The van der Waals surface area contributed by atoms with Crippen molar-refractivity contribution in [1.29, 1.82) is 0 Å². The van der Waals surface area contributed by atoms with Gasteiger partial charge < -0.3 is 29.8 Å². The summed E-state index contributed by atoms with van der Waals surface area (Å²) in [6, 6.07) is 0. The molecule has 0 spiro atoms. The Labute approximate surface area is 100 Å². The fraction of sp³-hybridized carbons (Fsp3) is 1.00. The minimum atomic E-state index is -4.95. The van der Waals surface area contributed by atoms with Gasteiger partial charge in [0.15, 0.2) is 6.29 Å². The predicted molar refractivity (Wildman–Crippen MR) is 53.8 cm³/mol. The third-order valence-electron chi connectivity index (χ3n) is 2.23. The second-order valence-corrected chi connectivity index (χ2v) is 4.72. The van der Waals surface area contributed by atoms with Gasteiger partial charge in [-0.1, -0.05) is 5.11 Å². The molecule has 0 radical (unpaired) electrons. The van der Waals surface area contributed by atoms with E-state index in [0.717, 1.165) is 0 Å². The summed E-state index contributed by atoms with van der Waals surface area (Å²) in [7, 11) is -4.95. The molecule has 5 N–H and O–H groups in total. The van der Waals surface area contributed by atoms with Crippen molar-refractivity contribution in [2.45, 2.75) is 30.7 Å². The predicted octanol–water partition coefficient (Wildman–Crippen LogP) is -1.79. The molecule has 0 bridgehead atoms. The van der Waals surface area contributed by atoms with Gasteiger partial charge in [-0.05, 0) is 5.53 Å². The standard InChI is InChI=1S/C6H12N3O8P/c7-9-8-1-2-3(10)4(11)5(12)6(16-2)17-18(13,14)15/h2-6,10-12H,1H2,(H2,13,14,15)/t2?,3-,4+,5?,6+/m0/s1. The van der Waals surface area contributed by atoms with Crippen LogP contribution in [-0.2, 0) is 13.8 Å². The second kappa shape index (κ2) is 5.93. The number of azide groups is 1. The molecular weight excluding hydrogens is 273 g/mol. The molecule has 0 aromatic carbocycles. The fourth-order valence-corrected chi connectivity index (χ4v) is 1.85. The van der Waals surface area contributed by atoms with E-state index in [4.69, 9.17) is 20.1 Å². The molecule has 1 aliphatic rings. The molecule has 0 aromatic rings. The first-order valence-electron chi connectivity index (χ1n) is 4.70. The highest BCUT2D eigenvalue weighted by Gasteiger charge is 2.46. The van der Waals surface area contributed by atoms with Crippen LogP contribution in [-0.4, -0.2) is 62.4 Å². The zero-order valence-corrected chi connectivity index (χ0v) is 9.74. The second-order valence-electron chi connectivity index (χ2n) is 3.52. The van der Waals surface area contributed by atoms with Gasteiger partial charge in [0.2, 0.25) is 0 Å². The molecule has 18 heavy (non-hydrogen) atoms. The SMILES string of the molecule is [N-]=[N+]=NCC1O[C@H](OP(=O)(O)O)C(O)[C@H](O)[C@H]1O. The van der Waals surface area contributed by atoms with Crippen molar-refractivity contribution in [2.24, 2.45) is 5.11 Å². The molecule has 5 atom stereocenters. The third kappa shape index (κ3) is 3.89. The lowest BCUT2D eigenvalue weighted by Gasteiger charge is -2.39. The van der Waals surface area contributed by atoms with Crippen LogP contribution in [0.3, 0.4) is 0 Å². The number of aliphatic hydroxyl groups is 3. The van der Waals surface area contributed by atoms with Gasteiger partial charge in [0.1, 0.15) is 18.3 Å². The van der Waals surface area contributed by atoms with Crippen LogP contribution in [0, 0.1) is 0 Å². The van der Waals surface area contributed by atoms with E-state index in [2.05, 4.69) is 14.5 Å². The van der Waals surface area contributed by atoms with E-state index >= 15 is 0 Å². The number of hydrogen-bond acceptors (Lipinski definition) is 7. The van der Waals surface area contributed by atoms with Crippen molar-refractivity contribution in [1.82, 2.24) is 0 Å². The lowest BCUT2D eigenvalue weighted by atomic mass is 9.99. The number of rotatable bonds is 4. The Morgan fingerprint density at radius 2 is 1.89 bits per heavy atom. The van der Waals surface area contributed by atoms with Gasteiger partial charge in [-0.15, -0.1) is 0 Å². The first kappa shape index (κ1) is 15.3. The van der Waals surface area contributed by atoms with Gasteiger partial charge in [-0.2, -0.15) is 0 Å². The van der Waals surface area contributed by atoms with E-state index in [-0.39, 0.29) is 0 Å². The van der Waals surface area contributed by atoms with E-state index in [1.165, 1.54) is 0 Å². The van der Waals surface area contributed by atoms with Crippen molar-refractivity contribution in [3.8, 4) is 0 Å². The van der Waals surface area contributed by atoms with Crippen molar-refractivity contribution in [2.75, 3.05) is 6.54 Å². The summed E-state index contributed by atoms with van der Waals surface area (Å²) in [5.41, 5.74) is 8.11. The number of ether oxygens (including phenoxy) is 1. The Morgan fingerprint density at radius 3 is 2.39 bits per heavy atom. The first-order chi connectivity index (χ1) is 8.26.